The molecule has 6 heteroatoms. The molecule has 1 unspecified atom stereocenters. The Morgan fingerprint density at radius 3 is 2.78 bits per heavy atom. The molecule has 0 fully saturated rings. The number of H-pyrrole nitrogens is 1. The molecule has 1 heterocycles. The second kappa shape index (κ2) is 6.58. The molecule has 118 valence electrons. The molecule has 0 saturated carbocycles. The number of nitrogens with zero attached hydrogens (tertiary/aromatic N) is 1. The lowest BCUT2D eigenvalue weighted by Crippen LogP contribution is -2.32. The molecule has 0 aliphatic rings. The first-order valence-corrected chi connectivity index (χ1v) is 7.40. The molecule has 3 N–H and O–H groups in total. The Labute approximate surface area is 132 Å². The van der Waals surface area contributed by atoms with Crippen LogP contribution in [0.15, 0.2) is 48.7 Å². The van der Waals surface area contributed by atoms with Crippen molar-refractivity contribution < 1.29 is 9.18 Å². The summed E-state index contributed by atoms with van der Waals surface area (Å²) >= 11 is 0. The van der Waals surface area contributed by atoms with Gasteiger partial charge in [0.05, 0.1) is 11.7 Å². The van der Waals surface area contributed by atoms with Crippen molar-refractivity contribution in [2.24, 2.45) is 0 Å². The number of halogens is 1. The fraction of sp³-hybridized carbons (Fsp3) is 0.176. The Hall–Kier alpha value is -2.73. The van der Waals surface area contributed by atoms with Gasteiger partial charge in [-0.3, -0.25) is 9.89 Å². The van der Waals surface area contributed by atoms with E-state index in [2.05, 4.69) is 20.8 Å². The number of rotatable bonds is 5. The van der Waals surface area contributed by atoms with Gasteiger partial charge in [0, 0.05) is 11.1 Å². The normalized spacial score (nSPS) is 12.3. The molecule has 0 spiro atoms. The van der Waals surface area contributed by atoms with Crippen molar-refractivity contribution in [3.63, 3.8) is 0 Å². The molecule has 1 amide bonds. The first kappa shape index (κ1) is 15.2. The first-order valence-electron chi connectivity index (χ1n) is 7.40. The maximum atomic E-state index is 13.1. The number of aromatic nitrogens is 2. The maximum Gasteiger partial charge on any atom is 0.246 e. The molecule has 0 aliphatic carbocycles. The van der Waals surface area contributed by atoms with Crippen LogP contribution in [0.25, 0.3) is 10.9 Å². The second-order valence-corrected chi connectivity index (χ2v) is 5.20. The molecule has 3 rings (SSSR count). The van der Waals surface area contributed by atoms with Gasteiger partial charge in [0.15, 0.2) is 0 Å². The maximum absolute atomic E-state index is 13.1. The quantitative estimate of drug-likeness (QED) is 0.678. The van der Waals surface area contributed by atoms with E-state index in [1.807, 2.05) is 25.1 Å². The van der Waals surface area contributed by atoms with Gasteiger partial charge in [-0.15, -0.1) is 0 Å². The standard InChI is InChI=1S/C17H17FN4O/c1-2-19-16(11-3-5-13(18)6-4-11)17(23)21-14-7-8-15-12(9-14)10-20-22-15/h3-10,16,19H,2H2,1H3,(H,20,22)(H,21,23). The van der Waals surface area contributed by atoms with Crippen LogP contribution in [0.1, 0.15) is 18.5 Å². The molecule has 1 aromatic heterocycles. The van der Waals surface area contributed by atoms with E-state index in [0.717, 1.165) is 16.5 Å². The first-order chi connectivity index (χ1) is 11.2. The van der Waals surface area contributed by atoms with Crippen LogP contribution in [0, 0.1) is 5.82 Å². The van der Waals surface area contributed by atoms with E-state index in [0.29, 0.717) is 12.2 Å². The van der Waals surface area contributed by atoms with Gasteiger partial charge < -0.3 is 10.6 Å². The molecule has 0 saturated heterocycles. The molecule has 0 radical (unpaired) electrons. The van der Waals surface area contributed by atoms with Gasteiger partial charge in [0.2, 0.25) is 5.91 Å². The van der Waals surface area contributed by atoms with Crippen LogP contribution >= 0.6 is 0 Å². The van der Waals surface area contributed by atoms with Crippen molar-refractivity contribution >= 4 is 22.5 Å². The van der Waals surface area contributed by atoms with Crippen LogP contribution in [0.5, 0.6) is 0 Å². The molecule has 0 bridgehead atoms. The number of hydrogen-bond donors (Lipinski definition) is 3. The summed E-state index contributed by atoms with van der Waals surface area (Å²) in [4.78, 5) is 12.6. The van der Waals surface area contributed by atoms with E-state index in [9.17, 15) is 9.18 Å². The van der Waals surface area contributed by atoms with Crippen molar-refractivity contribution in [2.45, 2.75) is 13.0 Å². The van der Waals surface area contributed by atoms with Crippen molar-refractivity contribution in [1.82, 2.24) is 15.5 Å². The third kappa shape index (κ3) is 3.37. The highest BCUT2D eigenvalue weighted by Crippen LogP contribution is 2.20. The number of carbonyl (C=O) groups is 1. The zero-order valence-electron chi connectivity index (χ0n) is 12.6. The minimum atomic E-state index is -0.541. The lowest BCUT2D eigenvalue weighted by Gasteiger charge is -2.18. The minimum Gasteiger partial charge on any atom is -0.324 e. The fourth-order valence-electron chi connectivity index (χ4n) is 2.46. The zero-order chi connectivity index (χ0) is 16.2. The molecule has 23 heavy (non-hydrogen) atoms. The fourth-order valence-corrected chi connectivity index (χ4v) is 2.46. The van der Waals surface area contributed by atoms with Gasteiger partial charge in [-0.1, -0.05) is 19.1 Å². The third-order valence-corrected chi connectivity index (χ3v) is 3.58. The van der Waals surface area contributed by atoms with Crippen LogP contribution in [-0.4, -0.2) is 22.6 Å². The van der Waals surface area contributed by atoms with Gasteiger partial charge in [0.25, 0.3) is 0 Å². The highest BCUT2D eigenvalue weighted by molar-refractivity contribution is 5.97. The van der Waals surface area contributed by atoms with Gasteiger partial charge in [-0.05, 0) is 42.4 Å². The van der Waals surface area contributed by atoms with Gasteiger partial charge >= 0.3 is 0 Å². The molecular formula is C17H17FN4O. The Kier molecular flexibility index (Phi) is 4.34. The molecule has 1 atom stereocenters. The van der Waals surface area contributed by atoms with Crippen molar-refractivity contribution in [3.05, 3.63) is 60.0 Å². The summed E-state index contributed by atoms with van der Waals surface area (Å²) in [6.07, 6.45) is 1.70. The van der Waals surface area contributed by atoms with Crippen LogP contribution in [0.3, 0.4) is 0 Å². The van der Waals surface area contributed by atoms with Crippen LogP contribution in [-0.2, 0) is 4.79 Å². The summed E-state index contributed by atoms with van der Waals surface area (Å²) in [5, 5.41) is 13.7. The molecule has 3 aromatic rings. The highest BCUT2D eigenvalue weighted by atomic mass is 19.1. The number of aromatic amines is 1. The Bertz CT molecular complexity index is 813. The van der Waals surface area contributed by atoms with E-state index >= 15 is 0 Å². The van der Waals surface area contributed by atoms with Crippen molar-refractivity contribution in [2.75, 3.05) is 11.9 Å². The van der Waals surface area contributed by atoms with Gasteiger partial charge in [-0.2, -0.15) is 5.10 Å². The topological polar surface area (TPSA) is 69.8 Å². The second-order valence-electron chi connectivity index (χ2n) is 5.20. The highest BCUT2D eigenvalue weighted by Gasteiger charge is 2.19. The van der Waals surface area contributed by atoms with Crippen molar-refractivity contribution in [1.29, 1.82) is 0 Å². The van der Waals surface area contributed by atoms with E-state index in [-0.39, 0.29) is 11.7 Å². The summed E-state index contributed by atoms with van der Waals surface area (Å²) in [6.45, 7) is 2.54. The Morgan fingerprint density at radius 1 is 1.26 bits per heavy atom. The predicted octanol–water partition coefficient (Wildman–Crippen LogP) is 2.99. The third-order valence-electron chi connectivity index (χ3n) is 3.58. The summed E-state index contributed by atoms with van der Waals surface area (Å²) in [6, 6.07) is 10.9. The van der Waals surface area contributed by atoms with Crippen LogP contribution in [0.2, 0.25) is 0 Å². The summed E-state index contributed by atoms with van der Waals surface area (Å²) in [5.74, 6) is -0.517. The lowest BCUT2D eigenvalue weighted by molar-refractivity contribution is -0.118. The number of anilines is 1. The van der Waals surface area contributed by atoms with Crippen molar-refractivity contribution in [3.8, 4) is 0 Å². The van der Waals surface area contributed by atoms with E-state index in [1.54, 1.807) is 18.3 Å². The molecule has 5 nitrogen and oxygen atoms in total. The number of benzene rings is 2. The Balaban J connectivity index is 1.81. The number of nitrogens with one attached hydrogen (secondary N) is 3. The average Bonchev–Trinajstić information content (AvgIpc) is 3.01. The molecule has 0 aliphatic heterocycles. The summed E-state index contributed by atoms with van der Waals surface area (Å²) < 4.78 is 13.1. The van der Waals surface area contributed by atoms with E-state index < -0.39 is 6.04 Å². The summed E-state index contributed by atoms with van der Waals surface area (Å²) in [7, 11) is 0. The number of fused-ring (bicyclic) bond motifs is 1. The minimum absolute atomic E-state index is 0.193. The number of carbonyl (C=O) groups excluding carboxylic acids is 1. The van der Waals surface area contributed by atoms with Crippen LogP contribution in [0.4, 0.5) is 10.1 Å². The van der Waals surface area contributed by atoms with Crippen LogP contribution < -0.4 is 10.6 Å². The number of hydrogen-bond acceptors (Lipinski definition) is 3. The van der Waals surface area contributed by atoms with E-state index in [4.69, 9.17) is 0 Å². The molecule has 2 aromatic carbocycles. The zero-order valence-corrected chi connectivity index (χ0v) is 12.6. The largest absolute Gasteiger partial charge is 0.324 e. The van der Waals surface area contributed by atoms with Gasteiger partial charge in [-0.25, -0.2) is 4.39 Å². The van der Waals surface area contributed by atoms with E-state index in [1.165, 1.54) is 12.1 Å². The SMILES string of the molecule is CCNC(C(=O)Nc1ccc2[nH]ncc2c1)c1ccc(F)cc1. The smallest absolute Gasteiger partial charge is 0.246 e. The average molecular weight is 312 g/mol. The number of likely N-dealkylation sites (N-methyl/N-ethyl adjacent to an activating group) is 1. The monoisotopic (exact) mass is 312 g/mol. The number of amides is 1. The predicted molar refractivity (Wildman–Crippen MR) is 87.5 cm³/mol. The lowest BCUT2D eigenvalue weighted by atomic mass is 10.1. The Morgan fingerprint density at radius 2 is 2.04 bits per heavy atom. The van der Waals surface area contributed by atoms with Gasteiger partial charge in [0.1, 0.15) is 11.9 Å². The summed E-state index contributed by atoms with van der Waals surface area (Å²) in [5.41, 5.74) is 2.31. The molecular weight excluding hydrogens is 295 g/mol.